The van der Waals surface area contributed by atoms with E-state index >= 15 is 0 Å². The van der Waals surface area contributed by atoms with Crippen molar-refractivity contribution in [3.05, 3.63) is 64.3 Å². The van der Waals surface area contributed by atoms with E-state index in [4.69, 9.17) is 0 Å². The molecule has 2 aromatic rings. The minimum atomic E-state index is -0.345. The lowest BCUT2D eigenvalue weighted by Gasteiger charge is -2.21. The van der Waals surface area contributed by atoms with E-state index in [0.29, 0.717) is 11.7 Å². The van der Waals surface area contributed by atoms with Crippen LogP contribution in [-0.2, 0) is 0 Å². The summed E-state index contributed by atoms with van der Waals surface area (Å²) < 4.78 is 0. The lowest BCUT2D eigenvalue weighted by atomic mass is 9.92. The maximum atomic E-state index is 11.2. The minimum absolute atomic E-state index is 0.0978. The lowest BCUT2D eigenvalue weighted by molar-refractivity contribution is -0.384. The van der Waals surface area contributed by atoms with Crippen LogP contribution < -0.4 is 4.90 Å². The summed E-state index contributed by atoms with van der Waals surface area (Å²) in [4.78, 5) is 17.1. The molecule has 0 spiro atoms. The Morgan fingerprint density at radius 3 is 2.68 bits per heavy atom. The first-order valence-corrected chi connectivity index (χ1v) is 7.65. The van der Waals surface area contributed by atoms with E-state index in [2.05, 4.69) is 34.1 Å². The highest BCUT2D eigenvalue weighted by Crippen LogP contribution is 2.32. The molecule has 1 unspecified atom stereocenters. The van der Waals surface area contributed by atoms with Gasteiger partial charge in [-0.25, -0.2) is 4.98 Å². The van der Waals surface area contributed by atoms with E-state index in [1.54, 1.807) is 12.3 Å². The quantitative estimate of drug-likeness (QED) is 0.639. The van der Waals surface area contributed by atoms with E-state index in [0.717, 1.165) is 32.4 Å². The summed E-state index contributed by atoms with van der Waals surface area (Å²) >= 11 is 0. The average molecular weight is 297 g/mol. The number of nitro groups is 1. The SMILES string of the molecule is O=[N+]([O-])c1cccnc1N1CCCC(c2ccccc2)CC1. The summed E-state index contributed by atoms with van der Waals surface area (Å²) in [5.41, 5.74) is 1.46. The van der Waals surface area contributed by atoms with Crippen molar-refractivity contribution >= 4 is 11.5 Å². The fraction of sp³-hybridized carbons (Fsp3) is 0.353. The van der Waals surface area contributed by atoms with Gasteiger partial charge in [0.25, 0.3) is 0 Å². The van der Waals surface area contributed by atoms with Crippen LogP contribution in [0.2, 0.25) is 0 Å². The third kappa shape index (κ3) is 3.08. The monoisotopic (exact) mass is 297 g/mol. The molecule has 22 heavy (non-hydrogen) atoms. The number of hydrogen-bond acceptors (Lipinski definition) is 4. The predicted octanol–water partition coefficient (Wildman–Crippen LogP) is 3.76. The zero-order valence-electron chi connectivity index (χ0n) is 12.4. The van der Waals surface area contributed by atoms with Crippen molar-refractivity contribution in [1.29, 1.82) is 0 Å². The van der Waals surface area contributed by atoms with Gasteiger partial charge in [0.2, 0.25) is 5.82 Å². The van der Waals surface area contributed by atoms with Crippen LogP contribution in [0.5, 0.6) is 0 Å². The molecule has 114 valence electrons. The van der Waals surface area contributed by atoms with Gasteiger partial charge in [-0.15, -0.1) is 0 Å². The van der Waals surface area contributed by atoms with E-state index in [-0.39, 0.29) is 10.6 Å². The van der Waals surface area contributed by atoms with Crippen LogP contribution in [0.4, 0.5) is 11.5 Å². The highest BCUT2D eigenvalue weighted by atomic mass is 16.6. The van der Waals surface area contributed by atoms with Gasteiger partial charge in [0.15, 0.2) is 0 Å². The zero-order valence-corrected chi connectivity index (χ0v) is 12.4. The van der Waals surface area contributed by atoms with Crippen molar-refractivity contribution < 1.29 is 4.92 Å². The highest BCUT2D eigenvalue weighted by molar-refractivity contribution is 5.57. The van der Waals surface area contributed by atoms with Crippen LogP contribution in [0.1, 0.15) is 30.7 Å². The highest BCUT2D eigenvalue weighted by Gasteiger charge is 2.24. The first-order valence-electron chi connectivity index (χ1n) is 7.65. The zero-order chi connectivity index (χ0) is 15.4. The van der Waals surface area contributed by atoms with E-state index in [1.165, 1.54) is 11.6 Å². The lowest BCUT2D eigenvalue weighted by Crippen LogP contribution is -2.26. The fourth-order valence-electron chi connectivity index (χ4n) is 3.14. The molecule has 0 saturated carbocycles. The number of aromatic nitrogens is 1. The normalized spacial score (nSPS) is 18.7. The second kappa shape index (κ2) is 6.56. The Bertz CT molecular complexity index is 645. The average Bonchev–Trinajstić information content (AvgIpc) is 2.81. The topological polar surface area (TPSA) is 59.3 Å². The van der Waals surface area contributed by atoms with E-state index < -0.39 is 0 Å². The maximum absolute atomic E-state index is 11.2. The summed E-state index contributed by atoms with van der Waals surface area (Å²) in [5, 5.41) is 11.2. The smallest absolute Gasteiger partial charge is 0.311 e. The van der Waals surface area contributed by atoms with Gasteiger partial charge in [-0.1, -0.05) is 30.3 Å². The fourth-order valence-corrected chi connectivity index (χ4v) is 3.14. The molecule has 1 aliphatic heterocycles. The van der Waals surface area contributed by atoms with Gasteiger partial charge >= 0.3 is 5.69 Å². The van der Waals surface area contributed by atoms with Crippen molar-refractivity contribution in [2.24, 2.45) is 0 Å². The number of pyridine rings is 1. The predicted molar refractivity (Wildman–Crippen MR) is 86.1 cm³/mol. The minimum Gasteiger partial charge on any atom is -0.351 e. The van der Waals surface area contributed by atoms with Crippen molar-refractivity contribution in [3.63, 3.8) is 0 Å². The second-order valence-electron chi connectivity index (χ2n) is 5.63. The summed E-state index contributed by atoms with van der Waals surface area (Å²) in [7, 11) is 0. The molecule has 1 aliphatic rings. The number of hydrogen-bond donors (Lipinski definition) is 0. The number of rotatable bonds is 3. The van der Waals surface area contributed by atoms with Gasteiger partial charge in [0.05, 0.1) is 4.92 Å². The van der Waals surface area contributed by atoms with Crippen LogP contribution >= 0.6 is 0 Å². The molecule has 5 heteroatoms. The van der Waals surface area contributed by atoms with Crippen LogP contribution in [0.15, 0.2) is 48.7 Å². The van der Waals surface area contributed by atoms with E-state index in [1.807, 2.05) is 6.07 Å². The second-order valence-corrected chi connectivity index (χ2v) is 5.63. The molecule has 3 rings (SSSR count). The van der Waals surface area contributed by atoms with Crippen LogP contribution in [0.3, 0.4) is 0 Å². The molecule has 0 bridgehead atoms. The third-order valence-electron chi connectivity index (χ3n) is 4.26. The molecule has 1 saturated heterocycles. The first kappa shape index (κ1) is 14.5. The molecule has 1 fully saturated rings. The maximum Gasteiger partial charge on any atom is 0.311 e. The van der Waals surface area contributed by atoms with Crippen molar-refractivity contribution in [3.8, 4) is 0 Å². The van der Waals surface area contributed by atoms with Gasteiger partial charge in [-0.3, -0.25) is 10.1 Å². The summed E-state index contributed by atoms with van der Waals surface area (Å²) in [6.07, 6.45) is 4.76. The van der Waals surface area contributed by atoms with Crippen molar-refractivity contribution in [2.45, 2.75) is 25.2 Å². The Morgan fingerprint density at radius 2 is 1.91 bits per heavy atom. The molecule has 1 aromatic heterocycles. The standard InChI is InChI=1S/C17H19N3O2/c21-20(22)16-9-4-11-18-17(16)19-12-5-8-15(10-13-19)14-6-2-1-3-7-14/h1-4,6-7,9,11,15H,5,8,10,12-13H2. The van der Waals surface area contributed by atoms with Crippen molar-refractivity contribution in [2.75, 3.05) is 18.0 Å². The largest absolute Gasteiger partial charge is 0.351 e. The number of nitrogens with zero attached hydrogens (tertiary/aromatic N) is 3. The Hall–Kier alpha value is -2.43. The molecule has 2 heterocycles. The van der Waals surface area contributed by atoms with Gasteiger partial charge in [-0.05, 0) is 36.8 Å². The molecular formula is C17H19N3O2. The molecule has 5 nitrogen and oxygen atoms in total. The molecule has 1 aromatic carbocycles. The summed E-state index contributed by atoms with van der Waals surface area (Å²) in [6.45, 7) is 1.62. The molecule has 1 atom stereocenters. The molecular weight excluding hydrogens is 278 g/mol. The van der Waals surface area contributed by atoms with E-state index in [9.17, 15) is 10.1 Å². The van der Waals surface area contributed by atoms with Gasteiger partial charge in [-0.2, -0.15) is 0 Å². The van der Waals surface area contributed by atoms with Gasteiger partial charge < -0.3 is 4.90 Å². The van der Waals surface area contributed by atoms with Gasteiger partial charge in [0, 0.05) is 25.4 Å². The van der Waals surface area contributed by atoms with Crippen LogP contribution in [-0.4, -0.2) is 23.0 Å². The Balaban J connectivity index is 1.77. The number of anilines is 1. The molecule has 0 radical (unpaired) electrons. The van der Waals surface area contributed by atoms with Gasteiger partial charge in [0.1, 0.15) is 0 Å². The molecule has 0 amide bonds. The Morgan fingerprint density at radius 1 is 1.09 bits per heavy atom. The molecule has 0 N–H and O–H groups in total. The van der Waals surface area contributed by atoms with Crippen LogP contribution in [0.25, 0.3) is 0 Å². The molecule has 0 aliphatic carbocycles. The van der Waals surface area contributed by atoms with Crippen LogP contribution in [0, 0.1) is 10.1 Å². The first-order chi connectivity index (χ1) is 10.8. The summed E-state index contributed by atoms with van der Waals surface area (Å²) in [5.74, 6) is 1.02. The van der Waals surface area contributed by atoms with Crippen molar-refractivity contribution in [1.82, 2.24) is 4.98 Å². The Labute approximate surface area is 129 Å². The third-order valence-corrected chi connectivity index (χ3v) is 4.26. The Kier molecular flexibility index (Phi) is 4.32. The number of benzene rings is 1. The summed E-state index contributed by atoms with van der Waals surface area (Å²) in [6, 6.07) is 13.7.